The number of benzene rings is 1. The van der Waals surface area contributed by atoms with Crippen molar-refractivity contribution in [2.24, 2.45) is 0 Å². The number of hydrogen-bond donors (Lipinski definition) is 1. The minimum Gasteiger partial charge on any atom is -0.497 e. The molecule has 0 spiro atoms. The van der Waals surface area contributed by atoms with E-state index < -0.39 is 0 Å². The van der Waals surface area contributed by atoms with Crippen molar-refractivity contribution in [2.45, 2.75) is 32.2 Å². The molecule has 2 heterocycles. The molecule has 0 bridgehead atoms. The molecule has 1 aromatic carbocycles. The Morgan fingerprint density at radius 3 is 2.55 bits per heavy atom. The molecule has 1 aromatic heterocycles. The molecule has 1 N–H and O–H groups in total. The van der Waals surface area contributed by atoms with E-state index in [2.05, 4.69) is 25.3 Å². The number of carbonyl (C=O) groups excluding carboxylic acids is 1. The van der Waals surface area contributed by atoms with Crippen molar-refractivity contribution >= 4 is 29.1 Å². The molecular weight excluding hydrogens is 436 g/mol. The third kappa shape index (κ3) is 5.90. The number of nitrogens with zero attached hydrogens (tertiary/aromatic N) is 5. The van der Waals surface area contributed by atoms with Crippen LogP contribution in [0, 0.1) is 0 Å². The summed E-state index contributed by atoms with van der Waals surface area (Å²) in [7, 11) is 1.65. The molecule has 0 unspecified atom stereocenters. The van der Waals surface area contributed by atoms with Gasteiger partial charge < -0.3 is 24.8 Å². The van der Waals surface area contributed by atoms with Gasteiger partial charge in [-0.3, -0.25) is 4.79 Å². The molecule has 4 rings (SSSR count). The van der Waals surface area contributed by atoms with Gasteiger partial charge >= 0.3 is 0 Å². The molecule has 33 heavy (non-hydrogen) atoms. The molecule has 1 saturated carbocycles. The van der Waals surface area contributed by atoms with E-state index in [0.29, 0.717) is 24.2 Å². The van der Waals surface area contributed by atoms with Crippen LogP contribution in [0.1, 0.15) is 26.2 Å². The average molecular weight is 469 g/mol. The zero-order valence-electron chi connectivity index (χ0n) is 19.4. The maximum absolute atomic E-state index is 13.0. The van der Waals surface area contributed by atoms with E-state index in [4.69, 9.17) is 17.0 Å². The minimum absolute atomic E-state index is 0.143. The number of carbonyl (C=O) groups is 1. The number of thiocarbonyl (C=S) groups is 1. The Kier molecular flexibility index (Phi) is 7.59. The van der Waals surface area contributed by atoms with Gasteiger partial charge in [0.2, 0.25) is 5.91 Å². The Morgan fingerprint density at radius 1 is 1.12 bits per heavy atom. The summed E-state index contributed by atoms with van der Waals surface area (Å²) < 4.78 is 5.22. The number of methoxy groups -OCH3 is 1. The number of amides is 1. The molecule has 1 aliphatic carbocycles. The van der Waals surface area contributed by atoms with Gasteiger partial charge in [0.05, 0.1) is 19.3 Å². The van der Waals surface area contributed by atoms with Gasteiger partial charge in [-0.15, -0.1) is 10.2 Å². The molecule has 8 nitrogen and oxygen atoms in total. The fraction of sp³-hybridized carbons (Fsp3) is 0.500. The first-order chi connectivity index (χ1) is 16.1. The number of ether oxygens (including phenoxy) is 1. The molecule has 176 valence electrons. The second-order valence-electron chi connectivity index (χ2n) is 8.42. The molecule has 2 aliphatic rings. The Bertz CT molecular complexity index is 948. The van der Waals surface area contributed by atoms with Crippen molar-refractivity contribution in [3.8, 4) is 17.0 Å². The van der Waals surface area contributed by atoms with Crippen LogP contribution in [-0.4, -0.2) is 83.4 Å². The van der Waals surface area contributed by atoms with Crippen LogP contribution in [-0.2, 0) is 4.79 Å². The molecule has 1 aliphatic heterocycles. The van der Waals surface area contributed by atoms with E-state index in [-0.39, 0.29) is 5.91 Å². The van der Waals surface area contributed by atoms with Crippen LogP contribution < -0.4 is 15.0 Å². The van der Waals surface area contributed by atoms with Crippen molar-refractivity contribution in [1.82, 2.24) is 25.3 Å². The van der Waals surface area contributed by atoms with Crippen LogP contribution in [0.3, 0.4) is 0 Å². The summed E-state index contributed by atoms with van der Waals surface area (Å²) in [5.41, 5.74) is 1.82. The minimum atomic E-state index is 0.143. The van der Waals surface area contributed by atoms with Crippen LogP contribution in [0.4, 0.5) is 5.82 Å². The smallest absolute Gasteiger partial charge is 0.242 e. The number of hydrogen-bond acceptors (Lipinski definition) is 6. The summed E-state index contributed by atoms with van der Waals surface area (Å²) in [5, 5.41) is 12.8. The summed E-state index contributed by atoms with van der Waals surface area (Å²) in [6.07, 6.45) is 3.12. The average Bonchev–Trinajstić information content (AvgIpc) is 3.70. The van der Waals surface area contributed by atoms with Gasteiger partial charge in [-0.1, -0.05) is 0 Å². The summed E-state index contributed by atoms with van der Waals surface area (Å²) in [4.78, 5) is 19.3. The van der Waals surface area contributed by atoms with Crippen molar-refractivity contribution in [2.75, 3.05) is 51.3 Å². The van der Waals surface area contributed by atoms with Crippen molar-refractivity contribution in [3.05, 3.63) is 36.4 Å². The van der Waals surface area contributed by atoms with Crippen LogP contribution >= 0.6 is 12.2 Å². The van der Waals surface area contributed by atoms with Gasteiger partial charge in [0, 0.05) is 44.3 Å². The highest BCUT2D eigenvalue weighted by molar-refractivity contribution is 7.80. The van der Waals surface area contributed by atoms with Crippen LogP contribution in [0.5, 0.6) is 5.75 Å². The van der Waals surface area contributed by atoms with Gasteiger partial charge in [-0.25, -0.2) is 0 Å². The lowest BCUT2D eigenvalue weighted by molar-refractivity contribution is -0.131. The van der Waals surface area contributed by atoms with Gasteiger partial charge in [-0.2, -0.15) is 0 Å². The Hall–Kier alpha value is -2.94. The van der Waals surface area contributed by atoms with Gasteiger partial charge in [0.25, 0.3) is 0 Å². The van der Waals surface area contributed by atoms with Crippen molar-refractivity contribution < 1.29 is 9.53 Å². The Balaban J connectivity index is 1.34. The molecule has 2 fully saturated rings. The highest BCUT2D eigenvalue weighted by atomic mass is 32.1. The summed E-state index contributed by atoms with van der Waals surface area (Å²) >= 11 is 5.49. The highest BCUT2D eigenvalue weighted by Gasteiger charge is 2.33. The fourth-order valence-electron chi connectivity index (χ4n) is 4.06. The lowest BCUT2D eigenvalue weighted by atomic mass is 10.1. The summed E-state index contributed by atoms with van der Waals surface area (Å²) in [6, 6.07) is 12.2. The first kappa shape index (κ1) is 23.2. The zero-order chi connectivity index (χ0) is 23.2. The summed E-state index contributed by atoms with van der Waals surface area (Å²) in [5.74, 6) is 1.80. The van der Waals surface area contributed by atoms with Crippen molar-refractivity contribution in [1.29, 1.82) is 0 Å². The molecule has 0 radical (unpaired) electrons. The molecule has 0 atom stereocenters. The van der Waals surface area contributed by atoms with E-state index in [1.807, 2.05) is 48.2 Å². The quantitative estimate of drug-likeness (QED) is 0.622. The van der Waals surface area contributed by atoms with E-state index >= 15 is 0 Å². The van der Waals surface area contributed by atoms with Crippen molar-refractivity contribution in [3.63, 3.8) is 0 Å². The third-order valence-electron chi connectivity index (χ3n) is 6.09. The van der Waals surface area contributed by atoms with E-state index in [1.54, 1.807) is 7.11 Å². The van der Waals surface area contributed by atoms with Crippen LogP contribution in [0.25, 0.3) is 11.3 Å². The standard InChI is InChI=1S/C24H32N6O2S/c1-3-25-24(33)30(19-7-8-19)17-23(31)29-14-4-13-28(15-16-29)22-12-11-21(26-27-22)18-5-9-20(32-2)10-6-18/h5-6,9-12,19H,3-4,7-8,13-17H2,1-2H3,(H,25,33). The zero-order valence-corrected chi connectivity index (χ0v) is 20.2. The molecule has 2 aromatic rings. The Morgan fingerprint density at radius 2 is 1.91 bits per heavy atom. The second kappa shape index (κ2) is 10.8. The van der Waals surface area contributed by atoms with Gasteiger partial charge in [0.15, 0.2) is 10.9 Å². The van der Waals surface area contributed by atoms with E-state index in [0.717, 1.165) is 68.3 Å². The monoisotopic (exact) mass is 468 g/mol. The molecule has 1 saturated heterocycles. The number of rotatable bonds is 7. The number of anilines is 1. The molecule has 9 heteroatoms. The number of aromatic nitrogens is 2. The highest BCUT2D eigenvalue weighted by Crippen LogP contribution is 2.27. The fourth-order valence-corrected chi connectivity index (χ4v) is 4.41. The molecule has 1 amide bonds. The number of nitrogens with one attached hydrogen (secondary N) is 1. The first-order valence-electron chi connectivity index (χ1n) is 11.6. The predicted octanol–water partition coefficient (Wildman–Crippen LogP) is 2.55. The largest absolute Gasteiger partial charge is 0.497 e. The van der Waals surface area contributed by atoms with E-state index in [1.165, 1.54) is 0 Å². The third-order valence-corrected chi connectivity index (χ3v) is 6.47. The first-order valence-corrected chi connectivity index (χ1v) is 12.0. The van der Waals surface area contributed by atoms with Crippen LogP contribution in [0.15, 0.2) is 36.4 Å². The lowest BCUT2D eigenvalue weighted by Gasteiger charge is -2.28. The SMILES string of the molecule is CCNC(=S)N(CC(=O)N1CCCN(c2ccc(-c3ccc(OC)cc3)nn2)CC1)C1CC1. The second-order valence-corrected chi connectivity index (χ2v) is 8.81. The van der Waals surface area contributed by atoms with Crippen LogP contribution in [0.2, 0.25) is 0 Å². The summed E-state index contributed by atoms with van der Waals surface area (Å²) in [6.45, 7) is 6.16. The predicted molar refractivity (Wildman–Crippen MR) is 133 cm³/mol. The lowest BCUT2D eigenvalue weighted by Crippen LogP contribution is -2.48. The Labute approximate surface area is 200 Å². The van der Waals surface area contributed by atoms with Gasteiger partial charge in [-0.05, 0) is 74.8 Å². The topological polar surface area (TPSA) is 73.8 Å². The van der Waals surface area contributed by atoms with Gasteiger partial charge in [0.1, 0.15) is 5.75 Å². The maximum atomic E-state index is 13.0. The maximum Gasteiger partial charge on any atom is 0.242 e. The molecular formula is C24H32N6O2S. The van der Waals surface area contributed by atoms with E-state index in [9.17, 15) is 4.79 Å². The normalized spacial score (nSPS) is 16.2.